The second-order valence-corrected chi connectivity index (χ2v) is 7.97. The normalized spacial score (nSPS) is 10.3. The van der Waals surface area contributed by atoms with Gasteiger partial charge in [0.15, 0.2) is 0 Å². The summed E-state index contributed by atoms with van der Waals surface area (Å²) in [5.41, 5.74) is 5.41. The van der Waals surface area contributed by atoms with Gasteiger partial charge in [0.1, 0.15) is 0 Å². The highest BCUT2D eigenvalue weighted by Crippen LogP contribution is 2.30. The Balaban J connectivity index is 1.97. The maximum Gasteiger partial charge on any atom is 0.285 e. The fraction of sp³-hybridized carbons (Fsp3) is 0.167. The Morgan fingerprint density at radius 3 is 2.34 bits per heavy atom. The number of hydrogen-bond donors (Lipinski definition) is 2. The van der Waals surface area contributed by atoms with Crippen LogP contribution in [0, 0.1) is 10.1 Å². The summed E-state index contributed by atoms with van der Waals surface area (Å²) >= 11 is 2.05. The van der Waals surface area contributed by atoms with Gasteiger partial charge in [0.2, 0.25) is 11.8 Å². The van der Waals surface area contributed by atoms with Gasteiger partial charge in [0.05, 0.1) is 15.6 Å². The lowest BCUT2D eigenvalue weighted by Gasteiger charge is -2.10. The molecule has 0 spiro atoms. The molecule has 0 heterocycles. The van der Waals surface area contributed by atoms with E-state index in [0.717, 1.165) is 34.5 Å². The highest BCUT2D eigenvalue weighted by Gasteiger charge is 2.18. The van der Waals surface area contributed by atoms with Crippen molar-refractivity contribution in [1.82, 2.24) is 4.90 Å². The fourth-order valence-electron chi connectivity index (χ4n) is 2.07. The largest absolute Gasteiger partial charge is 0.366 e. The van der Waals surface area contributed by atoms with Crippen LogP contribution in [0.5, 0.6) is 0 Å². The highest BCUT2D eigenvalue weighted by atomic mass is 32.2. The summed E-state index contributed by atoms with van der Waals surface area (Å²) in [6.07, 6.45) is 0. The van der Waals surface area contributed by atoms with Crippen LogP contribution in [-0.4, -0.2) is 46.7 Å². The van der Waals surface area contributed by atoms with Crippen LogP contribution in [0.3, 0.4) is 0 Å². The first kappa shape index (κ1) is 22.2. The van der Waals surface area contributed by atoms with Crippen LogP contribution in [0.25, 0.3) is 0 Å². The van der Waals surface area contributed by atoms with Crippen LogP contribution >= 0.6 is 23.5 Å². The van der Waals surface area contributed by atoms with Crippen LogP contribution in [0.15, 0.2) is 52.3 Å². The van der Waals surface area contributed by atoms with E-state index >= 15 is 0 Å². The van der Waals surface area contributed by atoms with Crippen molar-refractivity contribution in [2.75, 3.05) is 25.2 Å². The molecule has 29 heavy (non-hydrogen) atoms. The Morgan fingerprint density at radius 2 is 1.79 bits per heavy atom. The number of rotatable bonds is 7. The molecule has 2 aromatic carbocycles. The van der Waals surface area contributed by atoms with Crippen molar-refractivity contribution in [2.24, 2.45) is 5.73 Å². The molecule has 0 aliphatic rings. The summed E-state index contributed by atoms with van der Waals surface area (Å²) in [6.45, 7) is 0. The quantitative estimate of drug-likeness (QED) is 0.388. The molecule has 0 aliphatic carbocycles. The topological polar surface area (TPSA) is 136 Å². The number of carbonyl (C=O) groups excluding carboxylic acids is 3. The van der Waals surface area contributed by atoms with Crippen molar-refractivity contribution in [3.8, 4) is 0 Å². The number of amides is 3. The Hall–Kier alpha value is -3.05. The Morgan fingerprint density at radius 1 is 1.14 bits per heavy atom. The van der Waals surface area contributed by atoms with Gasteiger partial charge in [-0.05, 0) is 48.2 Å². The van der Waals surface area contributed by atoms with E-state index in [0.29, 0.717) is 5.69 Å². The molecule has 3 N–H and O–H groups in total. The van der Waals surface area contributed by atoms with Crippen molar-refractivity contribution in [2.45, 2.75) is 9.79 Å². The number of anilines is 1. The maximum atomic E-state index is 12.2. The van der Waals surface area contributed by atoms with Crippen molar-refractivity contribution >= 4 is 52.0 Å². The molecule has 2 aromatic rings. The molecule has 0 aliphatic heterocycles. The van der Waals surface area contributed by atoms with Crippen molar-refractivity contribution in [3.63, 3.8) is 0 Å². The maximum absolute atomic E-state index is 12.2. The SMILES string of the molecule is CN(C)C(=O)Sc1ccc(NC(=O)CSc2ccc(C(N)=O)cc2[N+](=O)[O-])cc1. The summed E-state index contributed by atoms with van der Waals surface area (Å²) < 4.78 is 0. The van der Waals surface area contributed by atoms with Gasteiger partial charge in [0, 0.05) is 36.3 Å². The Bertz CT molecular complexity index is 948. The number of nitro groups is 1. The molecule has 0 fully saturated rings. The van der Waals surface area contributed by atoms with E-state index in [1.54, 1.807) is 38.4 Å². The monoisotopic (exact) mass is 434 g/mol. The highest BCUT2D eigenvalue weighted by molar-refractivity contribution is 8.13. The van der Waals surface area contributed by atoms with Gasteiger partial charge in [-0.15, -0.1) is 11.8 Å². The molecule has 0 aromatic heterocycles. The van der Waals surface area contributed by atoms with E-state index in [2.05, 4.69) is 5.32 Å². The standard InChI is InChI=1S/C18H18N4O5S2/c1-21(2)18(25)29-13-6-4-12(5-7-13)20-16(23)10-28-15-8-3-11(17(19)24)9-14(15)22(26)27/h3-9H,10H2,1-2H3,(H2,19,24)(H,20,23). The van der Waals surface area contributed by atoms with Gasteiger partial charge in [-0.25, -0.2) is 0 Å². The van der Waals surface area contributed by atoms with E-state index in [9.17, 15) is 24.5 Å². The molecule has 0 atom stereocenters. The zero-order valence-corrected chi connectivity index (χ0v) is 17.2. The average molecular weight is 434 g/mol. The predicted octanol–water partition coefficient (Wildman–Crippen LogP) is 3.20. The Labute approximate surface area is 175 Å². The molecule has 152 valence electrons. The molecular weight excluding hydrogens is 416 g/mol. The number of carbonyl (C=O) groups is 3. The molecule has 0 radical (unpaired) electrons. The Kier molecular flexibility index (Phi) is 7.62. The third kappa shape index (κ3) is 6.50. The smallest absolute Gasteiger partial charge is 0.285 e. The van der Waals surface area contributed by atoms with Gasteiger partial charge in [-0.1, -0.05) is 0 Å². The minimum absolute atomic E-state index is 0.0243. The van der Waals surface area contributed by atoms with E-state index in [1.807, 2.05) is 0 Å². The van der Waals surface area contributed by atoms with Gasteiger partial charge in [-0.2, -0.15) is 0 Å². The number of hydrogen-bond acceptors (Lipinski definition) is 7. The van der Waals surface area contributed by atoms with Crippen LogP contribution < -0.4 is 11.1 Å². The molecule has 9 nitrogen and oxygen atoms in total. The van der Waals surface area contributed by atoms with Crippen LogP contribution in [0.1, 0.15) is 10.4 Å². The number of primary amides is 1. The van der Waals surface area contributed by atoms with Crippen molar-refractivity contribution in [1.29, 1.82) is 0 Å². The minimum atomic E-state index is -0.767. The van der Waals surface area contributed by atoms with Crippen molar-refractivity contribution in [3.05, 3.63) is 58.1 Å². The molecule has 0 saturated heterocycles. The van der Waals surface area contributed by atoms with E-state index in [4.69, 9.17) is 5.73 Å². The first-order valence-corrected chi connectivity index (χ1v) is 9.97. The fourth-order valence-corrected chi connectivity index (χ4v) is 3.53. The second-order valence-electron chi connectivity index (χ2n) is 5.93. The van der Waals surface area contributed by atoms with E-state index in [1.165, 1.54) is 17.0 Å². The number of nitrogens with one attached hydrogen (secondary N) is 1. The molecule has 0 unspecified atom stereocenters. The molecule has 11 heteroatoms. The summed E-state index contributed by atoms with van der Waals surface area (Å²) in [7, 11) is 3.32. The molecule has 3 amide bonds. The van der Waals surface area contributed by atoms with Crippen LogP contribution in [-0.2, 0) is 4.79 Å². The van der Waals surface area contributed by atoms with Gasteiger partial charge < -0.3 is 16.0 Å². The number of nitro benzene ring substituents is 1. The summed E-state index contributed by atoms with van der Waals surface area (Å²) in [4.78, 5) is 48.0. The second kappa shape index (κ2) is 9.94. The van der Waals surface area contributed by atoms with Gasteiger partial charge >= 0.3 is 0 Å². The van der Waals surface area contributed by atoms with E-state index in [-0.39, 0.29) is 33.0 Å². The third-order valence-electron chi connectivity index (χ3n) is 3.51. The number of benzene rings is 2. The third-order valence-corrected chi connectivity index (χ3v) is 5.62. The van der Waals surface area contributed by atoms with Crippen LogP contribution in [0.2, 0.25) is 0 Å². The van der Waals surface area contributed by atoms with Crippen LogP contribution in [0.4, 0.5) is 16.2 Å². The summed E-state index contributed by atoms with van der Waals surface area (Å²) in [5, 5.41) is 13.8. The van der Waals surface area contributed by atoms with Gasteiger partial charge in [-0.3, -0.25) is 24.5 Å². The molecule has 0 bridgehead atoms. The lowest BCUT2D eigenvalue weighted by molar-refractivity contribution is -0.387. The van der Waals surface area contributed by atoms with Gasteiger partial charge in [0.25, 0.3) is 10.9 Å². The molecule has 0 saturated carbocycles. The molecule has 2 rings (SSSR count). The first-order chi connectivity index (χ1) is 13.7. The molecular formula is C18H18N4O5S2. The predicted molar refractivity (Wildman–Crippen MR) is 112 cm³/mol. The summed E-state index contributed by atoms with van der Waals surface area (Å²) in [5.74, 6) is -1.18. The van der Waals surface area contributed by atoms with E-state index < -0.39 is 10.8 Å². The number of nitrogens with zero attached hydrogens (tertiary/aromatic N) is 2. The first-order valence-electron chi connectivity index (χ1n) is 8.17. The number of nitrogens with two attached hydrogens (primary N) is 1. The lowest BCUT2D eigenvalue weighted by atomic mass is 10.2. The van der Waals surface area contributed by atoms with Crippen molar-refractivity contribution < 1.29 is 19.3 Å². The lowest BCUT2D eigenvalue weighted by Crippen LogP contribution is -2.16. The zero-order valence-electron chi connectivity index (χ0n) is 15.6. The summed E-state index contributed by atoms with van der Waals surface area (Å²) in [6, 6.07) is 10.6. The average Bonchev–Trinajstić information content (AvgIpc) is 2.67. The zero-order chi connectivity index (χ0) is 21.6. The number of thioether (sulfide) groups is 2. The minimum Gasteiger partial charge on any atom is -0.366 e.